The van der Waals surface area contributed by atoms with E-state index in [1.54, 1.807) is 27.7 Å². The lowest BCUT2D eigenvalue weighted by atomic mass is 9.88. The molecule has 0 N–H and O–H groups in total. The number of esters is 3. The van der Waals surface area contributed by atoms with Gasteiger partial charge in [0.25, 0.3) is 0 Å². The molecular weight excluding hydrogens is 532 g/mol. The van der Waals surface area contributed by atoms with Crippen molar-refractivity contribution in [3.05, 3.63) is 56.1 Å². The molecule has 2 aromatic rings. The first-order valence-corrected chi connectivity index (χ1v) is 13.5. The number of ketones is 1. The van der Waals surface area contributed by atoms with Crippen LogP contribution in [0.2, 0.25) is 0 Å². The number of carbonyl (C=O) groups is 4. The third-order valence-electron chi connectivity index (χ3n) is 6.96. The number of Topliss-reactive ketones (excluding diaryl/α,β-unsaturated/α-hetero) is 1. The predicted molar refractivity (Wildman–Crippen MR) is 149 cm³/mol. The zero-order valence-electron chi connectivity index (χ0n) is 24.8. The third kappa shape index (κ3) is 6.42. The van der Waals surface area contributed by atoms with Crippen molar-refractivity contribution in [2.24, 2.45) is 5.92 Å². The molecule has 1 aromatic heterocycles. The van der Waals surface area contributed by atoms with Gasteiger partial charge >= 0.3 is 23.5 Å². The summed E-state index contributed by atoms with van der Waals surface area (Å²) in [6.07, 6.45) is 0.196. The Balaban J connectivity index is 2.50. The maximum Gasteiger partial charge on any atom is 0.343 e. The number of benzene rings is 1. The Morgan fingerprint density at radius 2 is 1.49 bits per heavy atom. The number of carbonyl (C=O) groups excluding carboxylic acids is 4. The first kappa shape index (κ1) is 31.3. The summed E-state index contributed by atoms with van der Waals surface area (Å²) < 4.78 is 28.5. The number of hydrogen-bond donors (Lipinski definition) is 0. The summed E-state index contributed by atoms with van der Waals surface area (Å²) in [5.41, 5.74) is 0.778. The van der Waals surface area contributed by atoms with Crippen LogP contribution in [0.1, 0.15) is 93.3 Å². The Hall–Kier alpha value is -4.21. The summed E-state index contributed by atoms with van der Waals surface area (Å²) in [6.45, 7) is 16.3. The summed E-state index contributed by atoms with van der Waals surface area (Å²) in [5, 5.41) is 0. The Morgan fingerprint density at radius 3 is 2.00 bits per heavy atom. The van der Waals surface area contributed by atoms with Crippen molar-refractivity contribution >= 4 is 23.7 Å². The molecule has 10 heteroatoms. The molecule has 0 radical (unpaired) electrons. The van der Waals surface area contributed by atoms with E-state index in [-0.39, 0.29) is 52.5 Å². The highest BCUT2D eigenvalue weighted by Crippen LogP contribution is 2.50. The topological polar surface area (TPSA) is 135 Å². The van der Waals surface area contributed by atoms with Crippen molar-refractivity contribution in [3.63, 3.8) is 0 Å². The minimum Gasteiger partial charge on any atom is -0.485 e. The van der Waals surface area contributed by atoms with Crippen molar-refractivity contribution in [3.8, 4) is 23.0 Å². The van der Waals surface area contributed by atoms with Gasteiger partial charge in [-0.05, 0) is 25.8 Å². The Morgan fingerprint density at radius 1 is 0.927 bits per heavy atom. The van der Waals surface area contributed by atoms with Crippen molar-refractivity contribution in [2.75, 3.05) is 0 Å². The molecule has 41 heavy (non-hydrogen) atoms. The molecule has 1 aliphatic heterocycles. The molecular formula is C31H36O10. The first-order valence-electron chi connectivity index (χ1n) is 13.5. The second kappa shape index (κ2) is 12.5. The van der Waals surface area contributed by atoms with Crippen LogP contribution in [0.4, 0.5) is 0 Å². The zero-order valence-corrected chi connectivity index (χ0v) is 24.8. The van der Waals surface area contributed by atoms with Crippen LogP contribution in [0.3, 0.4) is 0 Å². The van der Waals surface area contributed by atoms with E-state index in [1.807, 2.05) is 6.92 Å². The molecule has 0 saturated carbocycles. The van der Waals surface area contributed by atoms with Gasteiger partial charge in [-0.2, -0.15) is 0 Å². The Labute approximate surface area is 238 Å². The Kier molecular flexibility index (Phi) is 9.57. The molecule has 2 heterocycles. The van der Waals surface area contributed by atoms with Gasteiger partial charge in [0.1, 0.15) is 28.9 Å². The van der Waals surface area contributed by atoms with Crippen LogP contribution in [-0.2, 0) is 33.6 Å². The molecule has 0 aliphatic carbocycles. The minimum absolute atomic E-state index is 0.0152. The monoisotopic (exact) mass is 568 g/mol. The Bertz CT molecular complexity index is 1490. The fourth-order valence-corrected chi connectivity index (χ4v) is 4.74. The molecule has 2 atom stereocenters. The van der Waals surface area contributed by atoms with Crippen molar-refractivity contribution < 1.29 is 42.5 Å². The lowest BCUT2D eigenvalue weighted by Crippen LogP contribution is -2.21. The van der Waals surface area contributed by atoms with E-state index >= 15 is 0 Å². The van der Waals surface area contributed by atoms with E-state index in [2.05, 4.69) is 6.58 Å². The van der Waals surface area contributed by atoms with Gasteiger partial charge in [0, 0.05) is 62.6 Å². The van der Waals surface area contributed by atoms with E-state index < -0.39 is 41.3 Å². The second-order valence-corrected chi connectivity index (χ2v) is 10.2. The predicted octanol–water partition coefficient (Wildman–Crippen LogP) is 4.99. The molecule has 0 fully saturated rings. The minimum atomic E-state index is -0.764. The zero-order chi connectivity index (χ0) is 30.8. The fourth-order valence-electron chi connectivity index (χ4n) is 4.74. The number of fused-ring (bicyclic) bond motifs is 1. The van der Waals surface area contributed by atoms with Crippen LogP contribution in [0, 0.1) is 12.8 Å². The molecule has 0 saturated heterocycles. The highest BCUT2D eigenvalue weighted by atomic mass is 16.6. The van der Waals surface area contributed by atoms with Crippen molar-refractivity contribution in [1.82, 2.24) is 0 Å². The molecule has 1 aromatic carbocycles. The van der Waals surface area contributed by atoms with Gasteiger partial charge in [-0.15, -0.1) is 0 Å². The lowest BCUT2D eigenvalue weighted by Gasteiger charge is -2.22. The van der Waals surface area contributed by atoms with Crippen LogP contribution in [-0.4, -0.2) is 29.8 Å². The van der Waals surface area contributed by atoms with Gasteiger partial charge in [0.2, 0.25) is 0 Å². The van der Waals surface area contributed by atoms with Crippen molar-refractivity contribution in [1.29, 1.82) is 0 Å². The molecule has 0 amide bonds. The standard InChI is InChI=1S/C31H36O10/c1-10-15(5)26(35)25-29(38-18(8)33)20(28-21(30(25)39-19(9)34)13-24(40-28)14(3)4)12-22-27(37-17(7)32)16(6)23(11-2)41-31(22)36/h15,24H,3,10-13H2,1-2,4-9H3/t15-,24+/m1/s1. The van der Waals surface area contributed by atoms with Crippen LogP contribution in [0.25, 0.3) is 0 Å². The van der Waals surface area contributed by atoms with Crippen LogP contribution < -0.4 is 24.6 Å². The van der Waals surface area contributed by atoms with E-state index in [9.17, 15) is 24.0 Å². The van der Waals surface area contributed by atoms with Gasteiger partial charge in [-0.1, -0.05) is 27.4 Å². The van der Waals surface area contributed by atoms with Crippen molar-refractivity contribution in [2.45, 2.75) is 87.2 Å². The van der Waals surface area contributed by atoms with Gasteiger partial charge < -0.3 is 23.4 Å². The molecule has 0 bridgehead atoms. The number of rotatable bonds is 10. The molecule has 0 unspecified atom stereocenters. The summed E-state index contributed by atoms with van der Waals surface area (Å²) in [6, 6.07) is 0. The largest absolute Gasteiger partial charge is 0.485 e. The lowest BCUT2D eigenvalue weighted by molar-refractivity contribution is -0.133. The molecule has 0 spiro atoms. The molecule has 3 rings (SSSR count). The van der Waals surface area contributed by atoms with Gasteiger partial charge in [-0.25, -0.2) is 4.79 Å². The highest BCUT2D eigenvalue weighted by Gasteiger charge is 2.39. The summed E-state index contributed by atoms with van der Waals surface area (Å²) >= 11 is 0. The van der Waals surface area contributed by atoms with E-state index in [1.165, 1.54) is 13.8 Å². The van der Waals surface area contributed by atoms with E-state index in [0.717, 1.165) is 6.92 Å². The normalized spacial score (nSPS) is 14.5. The molecule has 10 nitrogen and oxygen atoms in total. The average Bonchev–Trinajstić information content (AvgIpc) is 3.34. The van der Waals surface area contributed by atoms with Crippen LogP contribution in [0.15, 0.2) is 21.4 Å². The third-order valence-corrected chi connectivity index (χ3v) is 6.96. The fraction of sp³-hybridized carbons (Fsp3) is 0.452. The smallest absolute Gasteiger partial charge is 0.343 e. The van der Waals surface area contributed by atoms with Crippen LogP contribution >= 0.6 is 0 Å². The number of ether oxygens (including phenoxy) is 4. The number of hydrogen-bond acceptors (Lipinski definition) is 10. The van der Waals surface area contributed by atoms with Gasteiger partial charge in [-0.3, -0.25) is 19.2 Å². The highest BCUT2D eigenvalue weighted by molar-refractivity contribution is 6.05. The maximum atomic E-state index is 13.8. The summed E-state index contributed by atoms with van der Waals surface area (Å²) in [5.74, 6) is -2.77. The summed E-state index contributed by atoms with van der Waals surface area (Å²) in [7, 11) is 0. The second-order valence-electron chi connectivity index (χ2n) is 10.2. The number of aryl methyl sites for hydroxylation is 1. The average molecular weight is 569 g/mol. The van der Waals surface area contributed by atoms with Crippen LogP contribution in [0.5, 0.6) is 23.0 Å². The van der Waals surface area contributed by atoms with Gasteiger partial charge in [0.15, 0.2) is 17.3 Å². The molecule has 220 valence electrons. The summed E-state index contributed by atoms with van der Waals surface area (Å²) in [4.78, 5) is 63.8. The quantitative estimate of drug-likeness (QED) is 0.167. The van der Waals surface area contributed by atoms with Gasteiger partial charge in [0.05, 0.1) is 5.56 Å². The maximum absolute atomic E-state index is 13.8. The van der Waals surface area contributed by atoms with E-state index in [0.29, 0.717) is 35.3 Å². The SMILES string of the molecule is C=C(C)[C@@H]1Cc2c(c(Cc3c(OC(C)=O)c(C)c(CC)oc3=O)c(OC(C)=O)c(C(=O)[C@H](C)CC)c2OC(C)=O)O1. The first-order chi connectivity index (χ1) is 19.2. The molecule has 1 aliphatic rings. The van der Waals surface area contributed by atoms with E-state index in [4.69, 9.17) is 23.4 Å².